The first-order chi connectivity index (χ1) is 13.3. The highest BCUT2D eigenvalue weighted by atomic mass is 35.5. The summed E-state index contributed by atoms with van der Waals surface area (Å²) >= 11 is 6.02. The number of rotatable bonds is 7. The van der Waals surface area contributed by atoms with Crippen LogP contribution in [0.15, 0.2) is 36.4 Å². The summed E-state index contributed by atoms with van der Waals surface area (Å²) in [5.41, 5.74) is 4.94. The maximum absolute atomic E-state index is 12.0. The maximum atomic E-state index is 12.0. The number of ether oxygens (including phenoxy) is 2. The number of carbonyl (C=O) groups is 2. The molecule has 0 saturated heterocycles. The second-order valence-electron chi connectivity index (χ2n) is 5.35. The van der Waals surface area contributed by atoms with Crippen LogP contribution in [0.3, 0.4) is 0 Å². The highest BCUT2D eigenvalue weighted by Crippen LogP contribution is 2.35. The molecular weight excluding hydrogens is 392 g/mol. The molecule has 2 amide bonds. The van der Waals surface area contributed by atoms with Crippen molar-refractivity contribution >= 4 is 34.8 Å². The van der Waals surface area contributed by atoms with Crippen molar-refractivity contribution in [2.75, 3.05) is 26.1 Å². The molecule has 0 bridgehead atoms. The van der Waals surface area contributed by atoms with E-state index in [0.717, 1.165) is 0 Å². The molecule has 0 aliphatic rings. The Balaban J connectivity index is 1.90. The van der Waals surface area contributed by atoms with E-state index in [1.807, 2.05) is 0 Å². The van der Waals surface area contributed by atoms with E-state index in [2.05, 4.69) is 16.2 Å². The summed E-state index contributed by atoms with van der Waals surface area (Å²) in [6.45, 7) is -0.179. The van der Waals surface area contributed by atoms with E-state index in [1.54, 1.807) is 6.07 Å². The lowest BCUT2D eigenvalue weighted by atomic mass is 10.2. The van der Waals surface area contributed by atoms with Crippen molar-refractivity contribution < 1.29 is 24.0 Å². The molecule has 148 valence electrons. The van der Waals surface area contributed by atoms with Gasteiger partial charge in [0.15, 0.2) is 0 Å². The number of hydrazine groups is 1. The quantitative estimate of drug-likeness (QED) is 0.472. The van der Waals surface area contributed by atoms with Gasteiger partial charge in [0.1, 0.15) is 11.5 Å². The van der Waals surface area contributed by atoms with Crippen LogP contribution in [0, 0.1) is 10.1 Å². The third-order valence-corrected chi connectivity index (χ3v) is 3.86. The van der Waals surface area contributed by atoms with Crippen LogP contribution in [0.4, 0.5) is 11.4 Å². The Hall–Kier alpha value is -3.53. The third kappa shape index (κ3) is 5.24. The highest BCUT2D eigenvalue weighted by molar-refractivity contribution is 6.32. The fourth-order valence-electron chi connectivity index (χ4n) is 2.15. The largest absolute Gasteiger partial charge is 0.495 e. The summed E-state index contributed by atoms with van der Waals surface area (Å²) in [6, 6.07) is 8.06. The van der Waals surface area contributed by atoms with Gasteiger partial charge in [-0.05, 0) is 12.1 Å². The van der Waals surface area contributed by atoms with E-state index in [4.69, 9.17) is 21.1 Å². The van der Waals surface area contributed by atoms with Crippen molar-refractivity contribution in [1.82, 2.24) is 10.9 Å². The molecule has 0 aromatic heterocycles. The molecule has 0 heterocycles. The number of amides is 2. The van der Waals surface area contributed by atoms with Gasteiger partial charge in [0.25, 0.3) is 17.5 Å². The monoisotopic (exact) mass is 408 g/mol. The first-order valence-electron chi connectivity index (χ1n) is 7.84. The van der Waals surface area contributed by atoms with Gasteiger partial charge in [0, 0.05) is 29.8 Å². The Morgan fingerprint density at radius 1 is 1.07 bits per heavy atom. The van der Waals surface area contributed by atoms with Crippen LogP contribution in [0.5, 0.6) is 11.5 Å². The second kappa shape index (κ2) is 9.42. The Kier molecular flexibility index (Phi) is 6.99. The summed E-state index contributed by atoms with van der Waals surface area (Å²) in [7, 11) is 2.91. The predicted molar refractivity (Wildman–Crippen MR) is 102 cm³/mol. The third-order valence-electron chi connectivity index (χ3n) is 3.57. The van der Waals surface area contributed by atoms with E-state index >= 15 is 0 Å². The molecule has 0 aliphatic heterocycles. The van der Waals surface area contributed by atoms with Crippen molar-refractivity contribution in [1.29, 1.82) is 0 Å². The summed E-state index contributed by atoms with van der Waals surface area (Å²) in [4.78, 5) is 33.9. The van der Waals surface area contributed by atoms with Crippen LogP contribution in [0.2, 0.25) is 5.02 Å². The molecule has 0 atom stereocenters. The molecule has 0 aliphatic carbocycles. The van der Waals surface area contributed by atoms with E-state index in [0.29, 0.717) is 22.2 Å². The summed E-state index contributed by atoms with van der Waals surface area (Å²) in [5, 5.41) is 13.8. The van der Waals surface area contributed by atoms with Crippen LogP contribution in [-0.4, -0.2) is 37.5 Å². The van der Waals surface area contributed by atoms with Crippen molar-refractivity contribution in [2.24, 2.45) is 0 Å². The minimum absolute atomic E-state index is 0.142. The average molecular weight is 409 g/mol. The molecule has 0 fully saturated rings. The lowest BCUT2D eigenvalue weighted by Crippen LogP contribution is -2.44. The zero-order valence-electron chi connectivity index (χ0n) is 14.9. The Morgan fingerprint density at radius 2 is 1.71 bits per heavy atom. The number of benzene rings is 2. The van der Waals surface area contributed by atoms with E-state index in [-0.39, 0.29) is 17.8 Å². The van der Waals surface area contributed by atoms with Gasteiger partial charge in [-0.15, -0.1) is 0 Å². The van der Waals surface area contributed by atoms with E-state index in [9.17, 15) is 19.7 Å². The number of nitrogens with zero attached hydrogens (tertiary/aromatic N) is 1. The molecule has 0 saturated carbocycles. The number of anilines is 1. The van der Waals surface area contributed by atoms with Crippen LogP contribution >= 0.6 is 11.6 Å². The molecule has 2 rings (SSSR count). The molecule has 11 heteroatoms. The van der Waals surface area contributed by atoms with Crippen LogP contribution in [0.25, 0.3) is 0 Å². The number of carbonyl (C=O) groups excluding carboxylic acids is 2. The van der Waals surface area contributed by atoms with Crippen LogP contribution in [-0.2, 0) is 4.79 Å². The van der Waals surface area contributed by atoms with Gasteiger partial charge >= 0.3 is 0 Å². The fraction of sp³-hybridized carbons (Fsp3) is 0.176. The van der Waals surface area contributed by atoms with Crippen LogP contribution < -0.4 is 25.6 Å². The van der Waals surface area contributed by atoms with Gasteiger partial charge in [-0.25, -0.2) is 0 Å². The molecule has 2 aromatic rings. The lowest BCUT2D eigenvalue weighted by Gasteiger charge is -2.14. The van der Waals surface area contributed by atoms with Crippen LogP contribution in [0.1, 0.15) is 10.4 Å². The lowest BCUT2D eigenvalue weighted by molar-refractivity contribution is -0.384. The molecule has 10 nitrogen and oxygen atoms in total. The summed E-state index contributed by atoms with van der Waals surface area (Å²) in [6.07, 6.45) is 0. The van der Waals surface area contributed by atoms with E-state index in [1.165, 1.54) is 44.6 Å². The molecule has 2 aromatic carbocycles. The first-order valence-corrected chi connectivity index (χ1v) is 8.22. The zero-order valence-corrected chi connectivity index (χ0v) is 15.7. The second-order valence-corrected chi connectivity index (χ2v) is 5.75. The average Bonchev–Trinajstić information content (AvgIpc) is 2.70. The Bertz CT molecular complexity index is 888. The van der Waals surface area contributed by atoms with Gasteiger partial charge in [0.05, 0.1) is 36.4 Å². The number of halogens is 1. The first kappa shape index (κ1) is 20.8. The topological polar surface area (TPSA) is 132 Å². The normalized spacial score (nSPS) is 9.96. The minimum Gasteiger partial charge on any atom is -0.495 e. The Morgan fingerprint density at radius 3 is 2.29 bits per heavy atom. The zero-order chi connectivity index (χ0) is 20.7. The molecular formula is C17H17ClN4O6. The number of nitrogens with one attached hydrogen (secondary N) is 3. The predicted octanol–water partition coefficient (Wildman–Crippen LogP) is 2.14. The molecule has 0 unspecified atom stereocenters. The van der Waals surface area contributed by atoms with Crippen molar-refractivity contribution in [3.8, 4) is 11.5 Å². The van der Waals surface area contributed by atoms with Gasteiger partial charge in [0.2, 0.25) is 0 Å². The molecule has 0 spiro atoms. The minimum atomic E-state index is -0.617. The van der Waals surface area contributed by atoms with Gasteiger partial charge in [-0.3, -0.25) is 30.6 Å². The highest BCUT2D eigenvalue weighted by Gasteiger charge is 2.13. The number of hydrogen-bond acceptors (Lipinski definition) is 7. The SMILES string of the molecule is COc1cc(NCC(=O)NNC(=O)c2ccc([N+](=O)[O-])cc2)c(OC)cc1Cl. The van der Waals surface area contributed by atoms with E-state index < -0.39 is 16.7 Å². The molecule has 3 N–H and O–H groups in total. The molecule has 28 heavy (non-hydrogen) atoms. The fourth-order valence-corrected chi connectivity index (χ4v) is 2.38. The summed E-state index contributed by atoms with van der Waals surface area (Å²) in [5.74, 6) is -0.342. The number of nitro benzene ring substituents is 1. The number of non-ortho nitro benzene ring substituents is 1. The maximum Gasteiger partial charge on any atom is 0.269 e. The van der Waals surface area contributed by atoms with Gasteiger partial charge in [-0.2, -0.15) is 0 Å². The molecule has 0 radical (unpaired) electrons. The van der Waals surface area contributed by atoms with Crippen molar-refractivity contribution in [2.45, 2.75) is 0 Å². The standard InChI is InChI=1S/C17H17ClN4O6/c1-27-14-8-13(15(28-2)7-12(14)18)19-9-16(23)20-21-17(24)10-3-5-11(6-4-10)22(25)26/h3-8,19H,9H2,1-2H3,(H,20,23)(H,21,24). The van der Waals surface area contributed by atoms with Crippen molar-refractivity contribution in [3.05, 3.63) is 57.1 Å². The number of methoxy groups -OCH3 is 2. The van der Waals surface area contributed by atoms with Gasteiger partial charge < -0.3 is 14.8 Å². The number of hydrogen-bond donors (Lipinski definition) is 3. The number of nitro groups is 1. The smallest absolute Gasteiger partial charge is 0.269 e. The summed E-state index contributed by atoms with van der Waals surface area (Å²) < 4.78 is 10.3. The Labute approximate surface area is 164 Å². The van der Waals surface area contributed by atoms with Crippen molar-refractivity contribution in [3.63, 3.8) is 0 Å². The van der Waals surface area contributed by atoms with Gasteiger partial charge in [-0.1, -0.05) is 11.6 Å².